The van der Waals surface area contributed by atoms with Crippen LogP contribution in [0, 0.1) is 5.92 Å². The standard InChI is InChI=1S/C13H13NO3S/c1-11(12-7-5-6-8-12)14-17-18(15,16)13-9-3-2-4-10-13/h2-10,12H,1H3/b14-11+. The monoisotopic (exact) mass is 263 g/mol. The molecule has 0 aliphatic heterocycles. The second kappa shape index (κ2) is 5.18. The lowest BCUT2D eigenvalue weighted by Gasteiger charge is -2.05. The number of hydrogen-bond donors (Lipinski definition) is 0. The van der Waals surface area contributed by atoms with Crippen molar-refractivity contribution in [2.24, 2.45) is 11.1 Å². The van der Waals surface area contributed by atoms with Crippen LogP contribution < -0.4 is 0 Å². The molecule has 1 aliphatic rings. The third kappa shape index (κ3) is 2.87. The first-order valence-corrected chi connectivity index (χ1v) is 6.88. The molecule has 0 fully saturated rings. The molecule has 0 N–H and O–H groups in total. The molecule has 0 unspecified atom stereocenters. The molecule has 0 amide bonds. The molecule has 0 radical (unpaired) electrons. The van der Waals surface area contributed by atoms with Crippen LogP contribution in [0.1, 0.15) is 6.92 Å². The van der Waals surface area contributed by atoms with E-state index >= 15 is 0 Å². The van der Waals surface area contributed by atoms with Crippen LogP contribution in [0.2, 0.25) is 0 Å². The van der Waals surface area contributed by atoms with Crippen LogP contribution in [0.5, 0.6) is 0 Å². The Morgan fingerprint density at radius 2 is 1.78 bits per heavy atom. The maximum atomic E-state index is 11.8. The van der Waals surface area contributed by atoms with Crippen LogP contribution >= 0.6 is 0 Å². The number of nitrogens with zero attached hydrogens (tertiary/aromatic N) is 1. The molecule has 2 rings (SSSR count). The van der Waals surface area contributed by atoms with E-state index in [1.165, 1.54) is 12.1 Å². The van der Waals surface area contributed by atoms with Crippen molar-refractivity contribution in [2.45, 2.75) is 11.8 Å². The summed E-state index contributed by atoms with van der Waals surface area (Å²) in [7, 11) is -3.82. The quantitative estimate of drug-likeness (QED) is 0.619. The highest BCUT2D eigenvalue weighted by atomic mass is 32.2. The molecule has 1 aliphatic carbocycles. The summed E-state index contributed by atoms with van der Waals surface area (Å²) in [5.74, 6) is 0.0102. The molecule has 0 aromatic heterocycles. The third-order valence-electron chi connectivity index (χ3n) is 2.54. The largest absolute Gasteiger partial charge is 0.358 e. The second-order valence-electron chi connectivity index (χ2n) is 3.87. The van der Waals surface area contributed by atoms with Gasteiger partial charge in [0.15, 0.2) is 0 Å². The van der Waals surface area contributed by atoms with Crippen LogP contribution in [0.4, 0.5) is 0 Å². The van der Waals surface area contributed by atoms with Gasteiger partial charge in [-0.2, -0.15) is 8.42 Å². The minimum Gasteiger partial charge on any atom is -0.265 e. The summed E-state index contributed by atoms with van der Waals surface area (Å²) in [5, 5.41) is 3.68. The predicted molar refractivity (Wildman–Crippen MR) is 69.6 cm³/mol. The molecule has 1 aromatic carbocycles. The van der Waals surface area contributed by atoms with Crippen molar-refractivity contribution in [2.75, 3.05) is 0 Å². The van der Waals surface area contributed by atoms with Gasteiger partial charge in [0.2, 0.25) is 0 Å². The predicted octanol–water partition coefficient (Wildman–Crippen LogP) is 2.51. The van der Waals surface area contributed by atoms with Crippen molar-refractivity contribution in [3.63, 3.8) is 0 Å². The molecule has 94 valence electrons. The smallest absolute Gasteiger partial charge is 0.265 e. The molecule has 5 heteroatoms. The van der Waals surface area contributed by atoms with Gasteiger partial charge in [0.1, 0.15) is 4.90 Å². The van der Waals surface area contributed by atoms with Crippen molar-refractivity contribution in [1.82, 2.24) is 0 Å². The Hall–Kier alpha value is -1.88. The fourth-order valence-corrected chi connectivity index (χ4v) is 2.30. The molecular weight excluding hydrogens is 250 g/mol. The van der Waals surface area contributed by atoms with Crippen molar-refractivity contribution < 1.29 is 12.7 Å². The lowest BCUT2D eigenvalue weighted by molar-refractivity contribution is 0.337. The maximum absolute atomic E-state index is 11.8. The van der Waals surface area contributed by atoms with Crippen LogP contribution in [0.3, 0.4) is 0 Å². The van der Waals surface area contributed by atoms with Gasteiger partial charge in [0, 0.05) is 5.92 Å². The molecule has 0 heterocycles. The minimum atomic E-state index is -3.82. The van der Waals surface area contributed by atoms with E-state index in [9.17, 15) is 8.42 Å². The molecule has 0 saturated heterocycles. The van der Waals surface area contributed by atoms with Gasteiger partial charge in [-0.15, -0.1) is 0 Å². The van der Waals surface area contributed by atoms with Crippen molar-refractivity contribution in [3.05, 3.63) is 54.6 Å². The highest BCUT2D eigenvalue weighted by molar-refractivity contribution is 7.86. The summed E-state index contributed by atoms with van der Waals surface area (Å²) in [4.78, 5) is 0.0963. The number of hydrogen-bond acceptors (Lipinski definition) is 4. The SMILES string of the molecule is C/C(=N\OS(=O)(=O)c1ccccc1)C1C=CC=C1. The normalized spacial score (nSPS) is 16.2. The Bertz CT molecular complexity index is 588. The Morgan fingerprint density at radius 3 is 2.39 bits per heavy atom. The average Bonchev–Trinajstić information content (AvgIpc) is 2.91. The van der Waals surface area contributed by atoms with Gasteiger partial charge in [-0.25, -0.2) is 0 Å². The molecule has 18 heavy (non-hydrogen) atoms. The fourth-order valence-electron chi connectivity index (χ4n) is 1.51. The van der Waals surface area contributed by atoms with Crippen LogP contribution in [-0.2, 0) is 14.4 Å². The van der Waals surface area contributed by atoms with Gasteiger partial charge in [-0.1, -0.05) is 47.7 Å². The van der Waals surface area contributed by atoms with Crippen molar-refractivity contribution in [1.29, 1.82) is 0 Å². The number of benzene rings is 1. The van der Waals surface area contributed by atoms with E-state index in [4.69, 9.17) is 0 Å². The average molecular weight is 263 g/mol. The Morgan fingerprint density at radius 1 is 1.17 bits per heavy atom. The summed E-state index contributed by atoms with van der Waals surface area (Å²) >= 11 is 0. The maximum Gasteiger partial charge on any atom is 0.358 e. The lowest BCUT2D eigenvalue weighted by Crippen LogP contribution is -2.08. The summed E-state index contributed by atoms with van der Waals surface area (Å²) in [5.41, 5.74) is 0.597. The van der Waals surface area contributed by atoms with E-state index in [2.05, 4.69) is 9.44 Å². The van der Waals surface area contributed by atoms with Gasteiger partial charge in [0.05, 0.1) is 5.71 Å². The van der Waals surface area contributed by atoms with Gasteiger partial charge in [-0.3, -0.25) is 4.28 Å². The van der Waals surface area contributed by atoms with E-state index in [-0.39, 0.29) is 10.8 Å². The Labute approximate surface area is 106 Å². The molecular formula is C13H13NO3S. The van der Waals surface area contributed by atoms with E-state index < -0.39 is 10.1 Å². The van der Waals surface area contributed by atoms with E-state index in [1.807, 2.05) is 24.3 Å². The van der Waals surface area contributed by atoms with Gasteiger partial charge in [-0.05, 0) is 19.1 Å². The molecule has 4 nitrogen and oxygen atoms in total. The summed E-state index contributed by atoms with van der Waals surface area (Å²) < 4.78 is 28.3. The molecule has 0 saturated carbocycles. The van der Waals surface area contributed by atoms with E-state index in [0.717, 1.165) is 0 Å². The van der Waals surface area contributed by atoms with Crippen molar-refractivity contribution in [3.8, 4) is 0 Å². The topological polar surface area (TPSA) is 55.7 Å². The van der Waals surface area contributed by atoms with E-state index in [0.29, 0.717) is 5.71 Å². The van der Waals surface area contributed by atoms with E-state index in [1.54, 1.807) is 25.1 Å². The first kappa shape index (κ1) is 12.6. The zero-order valence-electron chi connectivity index (χ0n) is 9.85. The zero-order chi connectivity index (χ0) is 13.0. The Kier molecular flexibility index (Phi) is 3.62. The molecule has 0 atom stereocenters. The zero-order valence-corrected chi connectivity index (χ0v) is 10.7. The van der Waals surface area contributed by atoms with Crippen molar-refractivity contribution >= 4 is 15.8 Å². The summed E-state index contributed by atoms with van der Waals surface area (Å²) in [6.07, 6.45) is 7.60. The highest BCUT2D eigenvalue weighted by Gasteiger charge is 2.16. The first-order chi connectivity index (χ1) is 8.59. The molecule has 1 aromatic rings. The van der Waals surface area contributed by atoms with Crippen LogP contribution in [0.15, 0.2) is 64.7 Å². The number of rotatable bonds is 4. The third-order valence-corrected chi connectivity index (χ3v) is 3.66. The Balaban J connectivity index is 2.12. The van der Waals surface area contributed by atoms with Gasteiger partial charge < -0.3 is 0 Å². The molecule has 0 bridgehead atoms. The first-order valence-electron chi connectivity index (χ1n) is 5.48. The van der Waals surface area contributed by atoms with Gasteiger partial charge in [0.25, 0.3) is 0 Å². The lowest BCUT2D eigenvalue weighted by atomic mass is 10.1. The van der Waals surface area contributed by atoms with Crippen LogP contribution in [-0.4, -0.2) is 14.1 Å². The highest BCUT2D eigenvalue weighted by Crippen LogP contribution is 2.15. The minimum absolute atomic E-state index is 0.0102. The summed E-state index contributed by atoms with van der Waals surface area (Å²) in [6.45, 7) is 1.73. The second-order valence-corrected chi connectivity index (χ2v) is 5.40. The number of allylic oxidation sites excluding steroid dienone is 4. The number of oxime groups is 1. The van der Waals surface area contributed by atoms with Crippen LogP contribution in [0.25, 0.3) is 0 Å². The molecule has 0 spiro atoms. The fraction of sp³-hybridized carbons (Fsp3) is 0.154. The summed E-state index contributed by atoms with van der Waals surface area (Å²) in [6, 6.07) is 7.94. The van der Waals surface area contributed by atoms with Gasteiger partial charge >= 0.3 is 10.1 Å².